The Balaban J connectivity index is 0.951. The molecule has 11 unspecified atom stereocenters. The van der Waals surface area contributed by atoms with Gasteiger partial charge in [0.2, 0.25) is 0 Å². The molecule has 1 saturated heterocycles. The van der Waals surface area contributed by atoms with Crippen molar-refractivity contribution in [2.75, 3.05) is 4.90 Å². The highest BCUT2D eigenvalue weighted by molar-refractivity contribution is 5.62. The molecule has 2 heteroatoms. The molecule has 0 spiro atoms. The van der Waals surface area contributed by atoms with Gasteiger partial charge in [-0.1, -0.05) is 134 Å². The van der Waals surface area contributed by atoms with E-state index in [0.717, 1.165) is 6.42 Å². The standard InChI is InChI=1S/C49H54N2/c1-33-40(35-16-6-3-7-17-35)22-13-25-45(33)51-47-24-11-8-20-41(47)43-28-26-38(32-49(43)51)37-27-29-48-44(31-37)42-21-9-10-23-46(42)50(48)39-19-12-18-36(30-39)34-14-4-2-5-15-34/h2,4-6,8,11-14,16,18-20,22,24-30,32-35,37,41,43-45,47-49H,3,7,9-10,15,17,21,23,31H2,1H3. The fourth-order valence-corrected chi connectivity index (χ4v) is 11.7. The second kappa shape index (κ2) is 13.3. The molecule has 2 nitrogen and oxygen atoms in total. The van der Waals surface area contributed by atoms with E-state index in [0.29, 0.717) is 65.6 Å². The first-order chi connectivity index (χ1) is 25.2. The second-order valence-electron chi connectivity index (χ2n) is 16.8. The van der Waals surface area contributed by atoms with Gasteiger partial charge in [-0.3, -0.25) is 4.90 Å². The molecule has 2 heterocycles. The summed E-state index contributed by atoms with van der Waals surface area (Å²) in [5, 5.41) is 0. The number of allylic oxidation sites excluding steroid dienone is 14. The van der Waals surface area contributed by atoms with Crippen LogP contribution in [0, 0.1) is 35.5 Å². The van der Waals surface area contributed by atoms with Crippen molar-refractivity contribution in [2.24, 2.45) is 35.5 Å². The van der Waals surface area contributed by atoms with Gasteiger partial charge in [0.25, 0.3) is 0 Å². The third kappa shape index (κ3) is 5.47. The molecule has 260 valence electrons. The number of nitrogens with zero attached hydrogens (tertiary/aromatic N) is 2. The van der Waals surface area contributed by atoms with Gasteiger partial charge in [-0.05, 0) is 98.5 Å². The summed E-state index contributed by atoms with van der Waals surface area (Å²) in [7, 11) is 0. The summed E-state index contributed by atoms with van der Waals surface area (Å²) < 4.78 is 0. The average Bonchev–Trinajstić information content (AvgIpc) is 3.71. The van der Waals surface area contributed by atoms with Crippen molar-refractivity contribution in [1.82, 2.24) is 4.90 Å². The van der Waals surface area contributed by atoms with Crippen molar-refractivity contribution >= 4 is 5.69 Å². The van der Waals surface area contributed by atoms with Gasteiger partial charge in [-0.15, -0.1) is 0 Å². The molecule has 10 rings (SSSR count). The summed E-state index contributed by atoms with van der Waals surface area (Å²) >= 11 is 0. The molecule has 0 radical (unpaired) electrons. The highest BCUT2D eigenvalue weighted by atomic mass is 15.3. The molecule has 7 aliphatic carbocycles. The van der Waals surface area contributed by atoms with Crippen LogP contribution in [0.4, 0.5) is 5.69 Å². The molecule has 9 aliphatic rings. The first-order valence-corrected chi connectivity index (χ1v) is 20.4. The largest absolute Gasteiger partial charge is 0.338 e. The van der Waals surface area contributed by atoms with Crippen molar-refractivity contribution in [3.8, 4) is 0 Å². The Kier molecular flexibility index (Phi) is 8.28. The number of anilines is 1. The number of hydrogen-bond acceptors (Lipinski definition) is 2. The van der Waals surface area contributed by atoms with E-state index in [4.69, 9.17) is 0 Å². The van der Waals surface area contributed by atoms with Crippen LogP contribution in [0.25, 0.3) is 0 Å². The lowest BCUT2D eigenvalue weighted by Gasteiger charge is -2.42. The van der Waals surface area contributed by atoms with Crippen molar-refractivity contribution < 1.29 is 0 Å². The van der Waals surface area contributed by atoms with Crippen LogP contribution in [0.5, 0.6) is 0 Å². The quantitative estimate of drug-likeness (QED) is 0.288. The number of likely N-dealkylation sites (tertiary alicyclic amines) is 1. The van der Waals surface area contributed by atoms with E-state index in [-0.39, 0.29) is 0 Å². The normalized spacial score (nSPS) is 39.2. The molecular weight excluding hydrogens is 617 g/mol. The highest BCUT2D eigenvalue weighted by Gasteiger charge is 2.51. The van der Waals surface area contributed by atoms with E-state index in [1.54, 1.807) is 22.4 Å². The molecule has 0 saturated carbocycles. The van der Waals surface area contributed by atoms with E-state index < -0.39 is 0 Å². The topological polar surface area (TPSA) is 6.48 Å². The van der Waals surface area contributed by atoms with Crippen LogP contribution in [0.15, 0.2) is 156 Å². The Bertz CT molecular complexity index is 1880. The van der Waals surface area contributed by atoms with Gasteiger partial charge in [-0.25, -0.2) is 0 Å². The Hall–Kier alpha value is -3.88. The molecule has 0 aromatic heterocycles. The van der Waals surface area contributed by atoms with Gasteiger partial charge in [0.1, 0.15) is 0 Å². The highest BCUT2D eigenvalue weighted by Crippen LogP contribution is 2.52. The third-order valence-corrected chi connectivity index (χ3v) is 14.2. The number of benzene rings is 1. The summed E-state index contributed by atoms with van der Waals surface area (Å²) in [6.07, 6.45) is 55.5. The van der Waals surface area contributed by atoms with E-state index in [2.05, 4.69) is 150 Å². The number of hydrogen-bond donors (Lipinski definition) is 0. The Morgan fingerprint density at radius 3 is 2.47 bits per heavy atom. The first kappa shape index (κ1) is 31.8. The summed E-state index contributed by atoms with van der Waals surface area (Å²) in [5.74, 6) is 3.75. The third-order valence-electron chi connectivity index (χ3n) is 14.2. The second-order valence-corrected chi connectivity index (χ2v) is 16.8. The number of fused-ring (bicyclic) bond motifs is 5. The van der Waals surface area contributed by atoms with Crippen molar-refractivity contribution in [3.63, 3.8) is 0 Å². The zero-order chi connectivity index (χ0) is 33.9. The van der Waals surface area contributed by atoms with Crippen LogP contribution >= 0.6 is 0 Å². The summed E-state index contributed by atoms with van der Waals surface area (Å²) in [6.45, 7) is 2.51. The van der Waals surface area contributed by atoms with Gasteiger partial charge in [-0.2, -0.15) is 0 Å². The van der Waals surface area contributed by atoms with E-state index in [1.165, 1.54) is 62.6 Å². The zero-order valence-corrected chi connectivity index (χ0v) is 30.3. The number of rotatable bonds is 5. The first-order valence-electron chi connectivity index (χ1n) is 20.4. The maximum absolute atomic E-state index is 2.93. The molecule has 1 aromatic rings. The van der Waals surface area contributed by atoms with E-state index in [9.17, 15) is 0 Å². The minimum atomic E-state index is 0.420. The van der Waals surface area contributed by atoms with Gasteiger partial charge in [0.15, 0.2) is 0 Å². The van der Waals surface area contributed by atoms with Crippen LogP contribution in [0.2, 0.25) is 0 Å². The van der Waals surface area contributed by atoms with Crippen LogP contribution in [0.3, 0.4) is 0 Å². The van der Waals surface area contributed by atoms with Crippen LogP contribution in [-0.4, -0.2) is 29.1 Å². The minimum absolute atomic E-state index is 0.420. The average molecular weight is 671 g/mol. The molecule has 0 amide bonds. The van der Waals surface area contributed by atoms with E-state index >= 15 is 0 Å². The van der Waals surface area contributed by atoms with Gasteiger partial charge >= 0.3 is 0 Å². The minimum Gasteiger partial charge on any atom is -0.338 e. The lowest BCUT2D eigenvalue weighted by Crippen LogP contribution is -2.48. The van der Waals surface area contributed by atoms with Gasteiger partial charge < -0.3 is 4.90 Å². The lowest BCUT2D eigenvalue weighted by molar-refractivity contribution is 0.157. The van der Waals surface area contributed by atoms with Crippen molar-refractivity contribution in [1.29, 1.82) is 0 Å². The molecule has 1 aromatic carbocycles. The van der Waals surface area contributed by atoms with Crippen LogP contribution in [0.1, 0.15) is 76.2 Å². The maximum atomic E-state index is 2.93. The Morgan fingerprint density at radius 1 is 0.686 bits per heavy atom. The van der Waals surface area contributed by atoms with Crippen molar-refractivity contribution in [2.45, 2.75) is 94.8 Å². The molecule has 0 N–H and O–H groups in total. The van der Waals surface area contributed by atoms with E-state index in [1.807, 2.05) is 0 Å². The zero-order valence-electron chi connectivity index (χ0n) is 30.3. The van der Waals surface area contributed by atoms with Crippen molar-refractivity contribution in [3.05, 3.63) is 162 Å². The lowest BCUT2D eigenvalue weighted by atomic mass is 9.73. The SMILES string of the molecule is CC1C(C2C=CCCC2)=CC=CC1N1C2C=CC=CC2C2C=CC(C3C=CC4C(C3)C3=C(CCCC3)N4c3cccc(C4C=CC=CC4)c3)=CC21. The Morgan fingerprint density at radius 2 is 1.57 bits per heavy atom. The van der Waals surface area contributed by atoms with Gasteiger partial charge in [0.05, 0.1) is 6.04 Å². The molecule has 11 atom stereocenters. The summed E-state index contributed by atoms with van der Waals surface area (Å²) in [6, 6.07) is 11.3. The molecular formula is C49H54N2. The summed E-state index contributed by atoms with van der Waals surface area (Å²) in [4.78, 5) is 5.70. The van der Waals surface area contributed by atoms with Crippen LogP contribution in [-0.2, 0) is 0 Å². The summed E-state index contributed by atoms with van der Waals surface area (Å²) in [5.41, 5.74) is 9.46. The van der Waals surface area contributed by atoms with Gasteiger partial charge in [0, 0.05) is 59.1 Å². The molecule has 51 heavy (non-hydrogen) atoms. The predicted octanol–water partition coefficient (Wildman–Crippen LogP) is 11.3. The molecule has 0 bridgehead atoms. The fourth-order valence-electron chi connectivity index (χ4n) is 11.7. The Labute approximate surface area is 306 Å². The van der Waals surface area contributed by atoms with Crippen LogP contribution < -0.4 is 4.90 Å². The molecule has 2 aliphatic heterocycles. The maximum Gasteiger partial charge on any atom is 0.0585 e. The fraction of sp³-hybridized carbons (Fsp3) is 0.429. The molecule has 1 fully saturated rings. The predicted molar refractivity (Wildman–Crippen MR) is 213 cm³/mol. The monoisotopic (exact) mass is 670 g/mol. The smallest absolute Gasteiger partial charge is 0.0585 e.